The lowest BCUT2D eigenvalue weighted by Crippen LogP contribution is -2.49. The highest BCUT2D eigenvalue weighted by Gasteiger charge is 2.28. The molecule has 0 saturated heterocycles. The number of hydrogen-bond donors (Lipinski definition) is 1. The van der Waals surface area contributed by atoms with E-state index in [4.69, 9.17) is 0 Å². The summed E-state index contributed by atoms with van der Waals surface area (Å²) < 4.78 is 0. The monoisotopic (exact) mass is 380 g/mol. The van der Waals surface area contributed by atoms with Crippen LogP contribution < -0.4 is 5.32 Å². The van der Waals surface area contributed by atoms with E-state index < -0.39 is 6.04 Å². The fourth-order valence-corrected chi connectivity index (χ4v) is 3.30. The number of nitrogens with one attached hydrogen (secondary N) is 1. The minimum absolute atomic E-state index is 0.0213. The molecule has 0 unspecified atom stereocenters. The van der Waals surface area contributed by atoms with Gasteiger partial charge >= 0.3 is 0 Å². The lowest BCUT2D eigenvalue weighted by Gasteiger charge is -2.31. The second-order valence-electron chi connectivity index (χ2n) is 7.24. The first-order chi connectivity index (χ1) is 13.5. The van der Waals surface area contributed by atoms with Crippen LogP contribution in [0.15, 0.2) is 54.6 Å². The quantitative estimate of drug-likeness (QED) is 0.626. The highest BCUT2D eigenvalue weighted by molar-refractivity contribution is 5.88. The Balaban J connectivity index is 2.21. The van der Waals surface area contributed by atoms with Crippen LogP contribution in [0.3, 0.4) is 0 Å². The normalized spacial score (nSPS) is 11.7. The van der Waals surface area contributed by atoms with Gasteiger partial charge in [-0.3, -0.25) is 9.59 Å². The molecule has 2 rings (SSSR count). The Morgan fingerprint density at radius 3 is 2.36 bits per heavy atom. The summed E-state index contributed by atoms with van der Waals surface area (Å²) in [6, 6.07) is 17.4. The molecule has 150 valence electrons. The molecule has 1 atom stereocenters. The van der Waals surface area contributed by atoms with E-state index in [1.165, 1.54) is 0 Å². The maximum atomic E-state index is 13.2. The van der Waals surface area contributed by atoms with E-state index in [0.29, 0.717) is 25.9 Å². The molecule has 1 N–H and O–H groups in total. The third kappa shape index (κ3) is 6.52. The molecule has 2 amide bonds. The van der Waals surface area contributed by atoms with Crippen LogP contribution in [0.1, 0.15) is 49.8 Å². The third-order valence-corrected chi connectivity index (χ3v) is 4.85. The van der Waals surface area contributed by atoms with Crippen molar-refractivity contribution >= 4 is 11.8 Å². The van der Waals surface area contributed by atoms with Gasteiger partial charge in [0.2, 0.25) is 11.8 Å². The first-order valence-electron chi connectivity index (χ1n) is 10.2. The molecule has 28 heavy (non-hydrogen) atoms. The molecule has 0 aliphatic heterocycles. The molecule has 2 aromatic rings. The van der Waals surface area contributed by atoms with Gasteiger partial charge in [-0.25, -0.2) is 0 Å². The van der Waals surface area contributed by atoms with E-state index >= 15 is 0 Å². The summed E-state index contributed by atoms with van der Waals surface area (Å²) in [5.41, 5.74) is 3.13. The standard InChI is InChI=1S/C24H32N2O2/c1-4-6-15-25-24(28)22(5-2)26(18-20-12-8-7-9-13-20)23(27)17-21-14-10-11-19(3)16-21/h7-14,16,22H,4-6,15,17-18H2,1-3H3,(H,25,28)/t22-/m1/s1. The Labute approximate surface area is 169 Å². The highest BCUT2D eigenvalue weighted by atomic mass is 16.2. The number of benzene rings is 2. The number of rotatable bonds is 10. The number of unbranched alkanes of at least 4 members (excludes halogenated alkanes) is 1. The second kappa shape index (κ2) is 11.3. The molecule has 2 aromatic carbocycles. The van der Waals surface area contributed by atoms with Gasteiger partial charge in [-0.05, 0) is 30.9 Å². The number of carbonyl (C=O) groups excluding carboxylic acids is 2. The van der Waals surface area contributed by atoms with Crippen molar-refractivity contribution in [2.24, 2.45) is 0 Å². The minimum Gasteiger partial charge on any atom is -0.354 e. The average molecular weight is 381 g/mol. The topological polar surface area (TPSA) is 49.4 Å². The molecule has 0 saturated carbocycles. The second-order valence-corrected chi connectivity index (χ2v) is 7.24. The third-order valence-electron chi connectivity index (χ3n) is 4.85. The molecular weight excluding hydrogens is 348 g/mol. The zero-order chi connectivity index (χ0) is 20.4. The molecule has 0 radical (unpaired) electrons. The molecule has 0 spiro atoms. The Kier molecular flexibility index (Phi) is 8.73. The molecule has 0 aromatic heterocycles. The Hall–Kier alpha value is -2.62. The molecular formula is C24H32N2O2. The maximum absolute atomic E-state index is 13.2. The van der Waals surface area contributed by atoms with Crippen molar-refractivity contribution in [2.45, 2.75) is 59.0 Å². The van der Waals surface area contributed by atoms with Crippen molar-refractivity contribution < 1.29 is 9.59 Å². The van der Waals surface area contributed by atoms with Crippen LogP contribution in [0.4, 0.5) is 0 Å². The van der Waals surface area contributed by atoms with Crippen LogP contribution in [0.2, 0.25) is 0 Å². The number of amides is 2. The maximum Gasteiger partial charge on any atom is 0.242 e. The summed E-state index contributed by atoms with van der Waals surface area (Å²) in [4.78, 5) is 27.7. The summed E-state index contributed by atoms with van der Waals surface area (Å²) in [5.74, 6) is -0.0867. The summed E-state index contributed by atoms with van der Waals surface area (Å²) in [5, 5.41) is 3.00. The van der Waals surface area contributed by atoms with Crippen LogP contribution >= 0.6 is 0 Å². The summed E-state index contributed by atoms with van der Waals surface area (Å²) in [7, 11) is 0. The van der Waals surface area contributed by atoms with Gasteiger partial charge in [0.05, 0.1) is 6.42 Å². The van der Waals surface area contributed by atoms with Gasteiger partial charge in [-0.2, -0.15) is 0 Å². The van der Waals surface area contributed by atoms with Crippen LogP contribution in [-0.4, -0.2) is 29.3 Å². The van der Waals surface area contributed by atoms with Gasteiger partial charge in [0, 0.05) is 13.1 Å². The van der Waals surface area contributed by atoms with E-state index in [-0.39, 0.29) is 11.8 Å². The van der Waals surface area contributed by atoms with Crippen molar-refractivity contribution in [1.29, 1.82) is 0 Å². The van der Waals surface area contributed by atoms with E-state index in [0.717, 1.165) is 29.5 Å². The van der Waals surface area contributed by atoms with Gasteiger partial charge in [-0.1, -0.05) is 80.4 Å². The van der Waals surface area contributed by atoms with Crippen molar-refractivity contribution in [2.75, 3.05) is 6.54 Å². The molecule has 0 fully saturated rings. The van der Waals surface area contributed by atoms with Crippen molar-refractivity contribution in [3.63, 3.8) is 0 Å². The van der Waals surface area contributed by atoms with Gasteiger partial charge in [0.25, 0.3) is 0 Å². The van der Waals surface area contributed by atoms with Gasteiger partial charge < -0.3 is 10.2 Å². The average Bonchev–Trinajstić information content (AvgIpc) is 2.69. The van der Waals surface area contributed by atoms with E-state index in [1.807, 2.05) is 68.4 Å². The van der Waals surface area contributed by atoms with Crippen LogP contribution in [0.25, 0.3) is 0 Å². The Morgan fingerprint density at radius 2 is 1.71 bits per heavy atom. The molecule has 4 heteroatoms. The number of nitrogens with zero attached hydrogens (tertiary/aromatic N) is 1. The van der Waals surface area contributed by atoms with Crippen molar-refractivity contribution in [1.82, 2.24) is 10.2 Å². The zero-order valence-electron chi connectivity index (χ0n) is 17.3. The Morgan fingerprint density at radius 1 is 1.00 bits per heavy atom. The van der Waals surface area contributed by atoms with E-state index in [1.54, 1.807) is 4.90 Å². The number of carbonyl (C=O) groups is 2. The largest absolute Gasteiger partial charge is 0.354 e. The molecule has 0 heterocycles. The summed E-state index contributed by atoms with van der Waals surface area (Å²) in [6.07, 6.45) is 2.85. The van der Waals surface area contributed by atoms with Crippen molar-refractivity contribution in [3.8, 4) is 0 Å². The SMILES string of the molecule is CCCCNC(=O)[C@@H](CC)N(Cc1ccccc1)C(=O)Cc1cccc(C)c1. The minimum atomic E-state index is -0.464. The van der Waals surface area contributed by atoms with Gasteiger partial charge in [-0.15, -0.1) is 0 Å². The van der Waals surface area contributed by atoms with Gasteiger partial charge in [0.1, 0.15) is 6.04 Å². The smallest absolute Gasteiger partial charge is 0.242 e. The van der Waals surface area contributed by atoms with Crippen molar-refractivity contribution in [3.05, 3.63) is 71.3 Å². The lowest BCUT2D eigenvalue weighted by molar-refractivity contribution is -0.140. The Bertz CT molecular complexity index is 758. The fraction of sp³-hybridized carbons (Fsp3) is 0.417. The first kappa shape index (κ1) is 21.7. The molecule has 0 bridgehead atoms. The lowest BCUT2D eigenvalue weighted by atomic mass is 10.1. The van der Waals surface area contributed by atoms with Crippen LogP contribution in [0.5, 0.6) is 0 Å². The first-order valence-corrected chi connectivity index (χ1v) is 10.2. The van der Waals surface area contributed by atoms with Gasteiger partial charge in [0.15, 0.2) is 0 Å². The number of hydrogen-bond acceptors (Lipinski definition) is 2. The summed E-state index contributed by atoms with van der Waals surface area (Å²) >= 11 is 0. The number of aryl methyl sites for hydroxylation is 1. The molecule has 0 aliphatic rings. The predicted octanol–water partition coefficient (Wildman–Crippen LogP) is 4.26. The fourth-order valence-electron chi connectivity index (χ4n) is 3.30. The zero-order valence-corrected chi connectivity index (χ0v) is 17.3. The van der Waals surface area contributed by atoms with E-state index in [9.17, 15) is 9.59 Å². The molecule has 4 nitrogen and oxygen atoms in total. The molecule has 0 aliphatic carbocycles. The van der Waals surface area contributed by atoms with E-state index in [2.05, 4.69) is 12.2 Å². The summed E-state index contributed by atoms with van der Waals surface area (Å²) in [6.45, 7) is 7.16. The van der Waals surface area contributed by atoms with Crippen LogP contribution in [0, 0.1) is 6.92 Å². The highest BCUT2D eigenvalue weighted by Crippen LogP contribution is 2.15. The predicted molar refractivity (Wildman–Crippen MR) is 114 cm³/mol. The van der Waals surface area contributed by atoms with Crippen LogP contribution in [-0.2, 0) is 22.6 Å².